The van der Waals surface area contributed by atoms with E-state index < -0.39 is 0 Å². The lowest BCUT2D eigenvalue weighted by Crippen LogP contribution is -2.07. The molecule has 1 aromatic heterocycles. The van der Waals surface area contributed by atoms with Gasteiger partial charge in [0.05, 0.1) is 19.9 Å². The van der Waals surface area contributed by atoms with Crippen LogP contribution in [0, 0.1) is 0 Å². The number of hydrogen-bond donors (Lipinski definition) is 0. The first-order valence-electron chi connectivity index (χ1n) is 7.81. The van der Waals surface area contributed by atoms with E-state index in [1.54, 1.807) is 14.2 Å². The number of benzene rings is 1. The maximum absolute atomic E-state index is 11.2. The molecular formula is C17H23N3O3. The highest BCUT2D eigenvalue weighted by Crippen LogP contribution is 2.28. The van der Waals surface area contributed by atoms with Crippen molar-refractivity contribution in [1.82, 2.24) is 15.0 Å². The second-order valence-electron chi connectivity index (χ2n) is 5.34. The van der Waals surface area contributed by atoms with Gasteiger partial charge >= 0.3 is 0 Å². The molecule has 0 spiro atoms. The molecule has 124 valence electrons. The van der Waals surface area contributed by atoms with Crippen molar-refractivity contribution in [3.63, 3.8) is 0 Å². The van der Waals surface area contributed by atoms with Gasteiger partial charge < -0.3 is 9.47 Å². The highest BCUT2D eigenvalue weighted by atomic mass is 16.5. The fourth-order valence-corrected chi connectivity index (χ4v) is 2.49. The molecule has 0 fully saturated rings. The van der Waals surface area contributed by atoms with E-state index in [9.17, 15) is 4.79 Å². The van der Waals surface area contributed by atoms with Gasteiger partial charge in [-0.3, -0.25) is 4.79 Å². The maximum Gasteiger partial charge on any atom is 0.172 e. The van der Waals surface area contributed by atoms with E-state index in [0.29, 0.717) is 23.6 Å². The van der Waals surface area contributed by atoms with Crippen LogP contribution in [0.25, 0.3) is 0 Å². The Kier molecular flexibility index (Phi) is 6.14. The Bertz CT molecular complexity index is 653. The van der Waals surface area contributed by atoms with E-state index in [1.807, 2.05) is 22.9 Å². The number of nitrogens with zero attached hydrogens (tertiary/aromatic N) is 3. The monoisotopic (exact) mass is 317 g/mol. The van der Waals surface area contributed by atoms with E-state index >= 15 is 0 Å². The molecule has 0 N–H and O–H groups in total. The van der Waals surface area contributed by atoms with Crippen molar-refractivity contribution in [1.29, 1.82) is 0 Å². The lowest BCUT2D eigenvalue weighted by Gasteiger charge is -2.11. The van der Waals surface area contributed by atoms with Crippen molar-refractivity contribution < 1.29 is 14.3 Å². The van der Waals surface area contributed by atoms with E-state index in [4.69, 9.17) is 9.47 Å². The zero-order valence-corrected chi connectivity index (χ0v) is 13.9. The predicted octanol–water partition coefficient (Wildman–Crippen LogP) is 2.89. The third kappa shape index (κ3) is 4.09. The smallest absolute Gasteiger partial charge is 0.172 e. The molecule has 0 aliphatic heterocycles. The maximum atomic E-state index is 11.2. The topological polar surface area (TPSA) is 66.2 Å². The molecule has 0 radical (unpaired) electrons. The zero-order chi connectivity index (χ0) is 16.7. The molecular weight excluding hydrogens is 294 g/mol. The van der Waals surface area contributed by atoms with Crippen molar-refractivity contribution in [3.8, 4) is 11.5 Å². The summed E-state index contributed by atoms with van der Waals surface area (Å²) in [5, 5.41) is 8.09. The Morgan fingerprint density at radius 3 is 2.61 bits per heavy atom. The molecule has 0 saturated heterocycles. The average molecular weight is 317 g/mol. The Labute approximate surface area is 136 Å². The fraction of sp³-hybridized carbons (Fsp3) is 0.471. The molecule has 0 unspecified atom stereocenters. The third-order valence-electron chi connectivity index (χ3n) is 3.77. The van der Waals surface area contributed by atoms with Gasteiger partial charge in [-0.15, -0.1) is 5.10 Å². The summed E-state index contributed by atoms with van der Waals surface area (Å²) in [6.07, 6.45) is 4.64. The number of rotatable bonds is 9. The second kappa shape index (κ2) is 8.31. The largest absolute Gasteiger partial charge is 0.493 e. The number of aldehydes is 1. The molecule has 0 bridgehead atoms. The van der Waals surface area contributed by atoms with E-state index in [-0.39, 0.29) is 0 Å². The van der Waals surface area contributed by atoms with Crippen LogP contribution in [0.1, 0.15) is 47.9 Å². The average Bonchev–Trinajstić information content (AvgIpc) is 2.97. The van der Waals surface area contributed by atoms with Gasteiger partial charge in [0.1, 0.15) is 5.69 Å². The SMILES string of the molecule is CCCCCn1nnc(C=O)c1Cc1ccc(OC)c(OC)c1. The number of hydrogen-bond acceptors (Lipinski definition) is 5. The van der Waals surface area contributed by atoms with E-state index in [1.165, 1.54) is 0 Å². The van der Waals surface area contributed by atoms with Crippen LogP contribution in [0.5, 0.6) is 11.5 Å². The van der Waals surface area contributed by atoms with Crippen molar-refractivity contribution in [2.45, 2.75) is 39.2 Å². The Morgan fingerprint density at radius 1 is 1.17 bits per heavy atom. The van der Waals surface area contributed by atoms with Gasteiger partial charge in [-0.25, -0.2) is 4.68 Å². The molecule has 2 aromatic rings. The molecule has 0 aliphatic rings. The molecule has 0 aliphatic carbocycles. The first-order valence-corrected chi connectivity index (χ1v) is 7.81. The number of methoxy groups -OCH3 is 2. The van der Waals surface area contributed by atoms with Gasteiger partial charge in [0, 0.05) is 13.0 Å². The van der Waals surface area contributed by atoms with Crippen LogP contribution in [0.15, 0.2) is 18.2 Å². The Morgan fingerprint density at radius 2 is 1.96 bits per heavy atom. The summed E-state index contributed by atoms with van der Waals surface area (Å²) in [7, 11) is 3.21. The lowest BCUT2D eigenvalue weighted by molar-refractivity contribution is 0.111. The Hall–Kier alpha value is -2.37. The highest BCUT2D eigenvalue weighted by molar-refractivity contribution is 5.73. The van der Waals surface area contributed by atoms with Gasteiger partial charge in [0.15, 0.2) is 17.8 Å². The molecule has 0 saturated carbocycles. The fourth-order valence-electron chi connectivity index (χ4n) is 2.49. The van der Waals surface area contributed by atoms with Crippen LogP contribution in [0.4, 0.5) is 0 Å². The van der Waals surface area contributed by atoms with Gasteiger partial charge in [-0.1, -0.05) is 31.0 Å². The number of carbonyl (C=O) groups is 1. The molecule has 23 heavy (non-hydrogen) atoms. The summed E-state index contributed by atoms with van der Waals surface area (Å²) in [5.41, 5.74) is 2.25. The summed E-state index contributed by atoms with van der Waals surface area (Å²) >= 11 is 0. The van der Waals surface area contributed by atoms with Crippen LogP contribution in [-0.2, 0) is 13.0 Å². The van der Waals surface area contributed by atoms with Crippen molar-refractivity contribution in [3.05, 3.63) is 35.2 Å². The normalized spacial score (nSPS) is 10.6. The number of aromatic nitrogens is 3. The number of unbranched alkanes of at least 4 members (excludes halogenated alkanes) is 2. The molecule has 1 aromatic carbocycles. The molecule has 0 atom stereocenters. The van der Waals surface area contributed by atoms with Crippen LogP contribution in [-0.4, -0.2) is 35.5 Å². The first-order chi connectivity index (χ1) is 11.2. The highest BCUT2D eigenvalue weighted by Gasteiger charge is 2.14. The van der Waals surface area contributed by atoms with Gasteiger partial charge in [0.2, 0.25) is 0 Å². The summed E-state index contributed by atoms with van der Waals surface area (Å²) < 4.78 is 12.4. The first kappa shape index (κ1) is 17.0. The van der Waals surface area contributed by atoms with Crippen molar-refractivity contribution in [2.75, 3.05) is 14.2 Å². The minimum absolute atomic E-state index is 0.399. The van der Waals surface area contributed by atoms with Gasteiger partial charge in [0.25, 0.3) is 0 Å². The molecule has 0 amide bonds. The minimum atomic E-state index is 0.399. The van der Waals surface area contributed by atoms with E-state index in [2.05, 4.69) is 17.2 Å². The lowest BCUT2D eigenvalue weighted by atomic mass is 10.1. The standard InChI is InChI=1S/C17H23N3O3/c1-4-5-6-9-20-15(14(12-21)18-19-20)10-13-7-8-16(22-2)17(11-13)23-3/h7-8,11-12H,4-6,9-10H2,1-3H3. The van der Waals surface area contributed by atoms with Gasteiger partial charge in [-0.2, -0.15) is 0 Å². The molecule has 6 nitrogen and oxygen atoms in total. The Balaban J connectivity index is 2.24. The number of aryl methyl sites for hydroxylation is 1. The van der Waals surface area contributed by atoms with Crippen molar-refractivity contribution in [2.24, 2.45) is 0 Å². The van der Waals surface area contributed by atoms with Gasteiger partial charge in [-0.05, 0) is 24.1 Å². The summed E-state index contributed by atoms with van der Waals surface area (Å²) in [6, 6.07) is 5.73. The summed E-state index contributed by atoms with van der Waals surface area (Å²) in [6.45, 7) is 2.93. The van der Waals surface area contributed by atoms with E-state index in [0.717, 1.165) is 43.4 Å². The van der Waals surface area contributed by atoms with Crippen LogP contribution in [0.3, 0.4) is 0 Å². The minimum Gasteiger partial charge on any atom is -0.493 e. The molecule has 2 rings (SSSR count). The predicted molar refractivity (Wildman–Crippen MR) is 87.3 cm³/mol. The molecule has 6 heteroatoms. The zero-order valence-electron chi connectivity index (χ0n) is 13.9. The second-order valence-corrected chi connectivity index (χ2v) is 5.34. The summed E-state index contributed by atoms with van der Waals surface area (Å²) in [5.74, 6) is 1.35. The van der Waals surface area contributed by atoms with Crippen molar-refractivity contribution >= 4 is 6.29 Å². The van der Waals surface area contributed by atoms with Crippen LogP contribution >= 0.6 is 0 Å². The van der Waals surface area contributed by atoms with Crippen LogP contribution in [0.2, 0.25) is 0 Å². The molecule has 1 heterocycles. The number of carbonyl (C=O) groups excluding carboxylic acids is 1. The number of ether oxygens (including phenoxy) is 2. The summed E-state index contributed by atoms with van der Waals surface area (Å²) in [4.78, 5) is 11.2. The quantitative estimate of drug-likeness (QED) is 0.525. The van der Waals surface area contributed by atoms with Crippen LogP contribution < -0.4 is 9.47 Å². The third-order valence-corrected chi connectivity index (χ3v) is 3.77.